The van der Waals surface area contributed by atoms with Gasteiger partial charge in [0.05, 0.1) is 13.0 Å². The molecule has 1 rings (SSSR count). The number of esters is 1. The van der Waals surface area contributed by atoms with Crippen LogP contribution in [0.2, 0.25) is 0 Å². The number of carbonyl (C=O) groups is 1. The van der Waals surface area contributed by atoms with Crippen LogP contribution in [-0.2, 0) is 16.0 Å². The van der Waals surface area contributed by atoms with Crippen molar-refractivity contribution in [3.8, 4) is 0 Å². The van der Waals surface area contributed by atoms with Crippen LogP contribution in [0.1, 0.15) is 12.5 Å². The van der Waals surface area contributed by atoms with Crippen molar-refractivity contribution in [3.05, 3.63) is 11.8 Å². The third-order valence-corrected chi connectivity index (χ3v) is 2.46. The van der Waals surface area contributed by atoms with Gasteiger partial charge in [-0.25, -0.2) is 9.97 Å². The molecule has 0 saturated carbocycles. The molecule has 0 amide bonds. The van der Waals surface area contributed by atoms with Crippen LogP contribution in [0, 0.1) is 0 Å². The van der Waals surface area contributed by atoms with E-state index in [1.807, 2.05) is 6.26 Å². The Morgan fingerprint density at radius 1 is 1.62 bits per heavy atom. The second kappa shape index (κ2) is 6.32. The van der Waals surface area contributed by atoms with Gasteiger partial charge in [0.15, 0.2) is 5.16 Å². The number of hydrogen-bond donors (Lipinski definition) is 1. The van der Waals surface area contributed by atoms with E-state index in [0.717, 1.165) is 5.56 Å². The third kappa shape index (κ3) is 3.37. The largest absolute Gasteiger partial charge is 0.466 e. The Hall–Kier alpha value is -1.30. The van der Waals surface area contributed by atoms with Crippen molar-refractivity contribution < 1.29 is 9.53 Å². The number of thioether (sulfide) groups is 1. The van der Waals surface area contributed by atoms with Gasteiger partial charge in [-0.1, -0.05) is 11.8 Å². The van der Waals surface area contributed by atoms with Crippen molar-refractivity contribution >= 4 is 23.5 Å². The minimum atomic E-state index is -0.264. The molecule has 1 heterocycles. The van der Waals surface area contributed by atoms with Gasteiger partial charge in [-0.3, -0.25) is 4.79 Å². The summed E-state index contributed by atoms with van der Waals surface area (Å²) in [6.45, 7) is 2.17. The molecule has 0 aliphatic heterocycles. The Kier molecular flexibility index (Phi) is 5.04. The molecule has 0 fully saturated rings. The normalized spacial score (nSPS) is 9.94. The van der Waals surface area contributed by atoms with Gasteiger partial charge in [0, 0.05) is 18.8 Å². The zero-order chi connectivity index (χ0) is 12.0. The van der Waals surface area contributed by atoms with Gasteiger partial charge in [-0.2, -0.15) is 0 Å². The Morgan fingerprint density at radius 2 is 2.38 bits per heavy atom. The van der Waals surface area contributed by atoms with Crippen LogP contribution in [0.3, 0.4) is 0 Å². The number of aromatic nitrogens is 2. The highest BCUT2D eigenvalue weighted by Gasteiger charge is 2.10. The number of nitrogens with zero attached hydrogens (tertiary/aromatic N) is 2. The molecule has 0 saturated heterocycles. The lowest BCUT2D eigenvalue weighted by Gasteiger charge is -2.08. The summed E-state index contributed by atoms with van der Waals surface area (Å²) in [5, 5.41) is 3.62. The van der Waals surface area contributed by atoms with E-state index < -0.39 is 0 Å². The maximum Gasteiger partial charge on any atom is 0.310 e. The molecule has 1 aromatic heterocycles. The molecule has 6 heteroatoms. The first-order chi connectivity index (χ1) is 7.71. The molecule has 5 nitrogen and oxygen atoms in total. The summed E-state index contributed by atoms with van der Waals surface area (Å²) in [5.41, 5.74) is 0.749. The first-order valence-electron chi connectivity index (χ1n) is 4.94. The molecule has 0 atom stereocenters. The maximum atomic E-state index is 11.3. The summed E-state index contributed by atoms with van der Waals surface area (Å²) in [7, 11) is 1.76. The van der Waals surface area contributed by atoms with Gasteiger partial charge < -0.3 is 10.1 Å². The Bertz CT molecular complexity index is 371. The predicted octanol–water partition coefficient (Wildman–Crippen LogP) is 1.35. The monoisotopic (exact) mass is 241 g/mol. The number of ether oxygens (including phenoxy) is 1. The van der Waals surface area contributed by atoms with Gasteiger partial charge >= 0.3 is 5.97 Å². The van der Waals surface area contributed by atoms with Gasteiger partial charge in [-0.05, 0) is 13.2 Å². The molecule has 0 radical (unpaired) electrons. The number of rotatable bonds is 5. The molecular formula is C10H15N3O2S. The van der Waals surface area contributed by atoms with E-state index in [1.165, 1.54) is 11.8 Å². The molecule has 1 N–H and O–H groups in total. The van der Waals surface area contributed by atoms with Crippen LogP contribution in [0.5, 0.6) is 0 Å². The van der Waals surface area contributed by atoms with Crippen molar-refractivity contribution in [2.24, 2.45) is 0 Å². The van der Waals surface area contributed by atoms with E-state index in [2.05, 4.69) is 15.3 Å². The number of hydrogen-bond acceptors (Lipinski definition) is 6. The van der Waals surface area contributed by atoms with Gasteiger partial charge in [0.1, 0.15) is 5.82 Å². The summed E-state index contributed by atoms with van der Waals surface area (Å²) in [6.07, 6.45) is 3.75. The maximum absolute atomic E-state index is 11.3. The molecule has 0 aliphatic carbocycles. The zero-order valence-corrected chi connectivity index (χ0v) is 10.4. The summed E-state index contributed by atoms with van der Waals surface area (Å²) >= 11 is 1.46. The molecule has 0 aliphatic rings. The van der Waals surface area contributed by atoms with E-state index >= 15 is 0 Å². The highest BCUT2D eigenvalue weighted by Crippen LogP contribution is 2.16. The number of nitrogens with one attached hydrogen (secondary N) is 1. The van der Waals surface area contributed by atoms with Gasteiger partial charge in [0.25, 0.3) is 0 Å². The first kappa shape index (κ1) is 12.8. The molecule has 16 heavy (non-hydrogen) atoms. The van der Waals surface area contributed by atoms with Crippen LogP contribution < -0.4 is 5.32 Å². The van der Waals surface area contributed by atoms with E-state index in [4.69, 9.17) is 4.74 Å². The SMILES string of the molecule is CCOC(=O)Cc1cnc(SC)nc1NC. The van der Waals surface area contributed by atoms with Crippen LogP contribution in [0.25, 0.3) is 0 Å². The second-order valence-corrected chi connectivity index (χ2v) is 3.74. The second-order valence-electron chi connectivity index (χ2n) is 2.96. The minimum absolute atomic E-state index is 0.193. The summed E-state index contributed by atoms with van der Waals surface area (Å²) in [4.78, 5) is 19.7. The average Bonchev–Trinajstić information content (AvgIpc) is 2.30. The van der Waals surface area contributed by atoms with E-state index in [-0.39, 0.29) is 12.4 Å². The number of carbonyl (C=O) groups excluding carboxylic acids is 1. The number of anilines is 1. The van der Waals surface area contributed by atoms with E-state index in [9.17, 15) is 4.79 Å². The Labute approximate surface area is 99.0 Å². The lowest BCUT2D eigenvalue weighted by atomic mass is 10.2. The van der Waals surface area contributed by atoms with E-state index in [1.54, 1.807) is 20.2 Å². The molecule has 0 unspecified atom stereocenters. The molecule has 0 aromatic carbocycles. The van der Waals surface area contributed by atoms with Crippen LogP contribution in [-0.4, -0.2) is 35.8 Å². The summed E-state index contributed by atoms with van der Waals surface area (Å²) in [6, 6.07) is 0. The van der Waals surface area contributed by atoms with Crippen molar-refractivity contribution in [1.29, 1.82) is 0 Å². The molecule has 0 bridgehead atoms. The minimum Gasteiger partial charge on any atom is -0.466 e. The Balaban J connectivity index is 2.83. The third-order valence-electron chi connectivity index (χ3n) is 1.90. The van der Waals surface area contributed by atoms with Crippen molar-refractivity contribution in [3.63, 3.8) is 0 Å². The lowest BCUT2D eigenvalue weighted by molar-refractivity contribution is -0.142. The van der Waals surface area contributed by atoms with Gasteiger partial charge in [0.2, 0.25) is 0 Å². The molecule has 1 aromatic rings. The quantitative estimate of drug-likeness (QED) is 0.477. The van der Waals surface area contributed by atoms with Crippen molar-refractivity contribution in [2.75, 3.05) is 25.2 Å². The summed E-state index contributed by atoms with van der Waals surface area (Å²) < 4.78 is 4.87. The fraction of sp³-hybridized carbons (Fsp3) is 0.500. The Morgan fingerprint density at radius 3 is 2.94 bits per heavy atom. The smallest absolute Gasteiger partial charge is 0.310 e. The van der Waals surface area contributed by atoms with Crippen molar-refractivity contribution in [2.45, 2.75) is 18.5 Å². The summed E-state index contributed by atoms with van der Waals surface area (Å²) in [5.74, 6) is 0.409. The topological polar surface area (TPSA) is 64.1 Å². The lowest BCUT2D eigenvalue weighted by Crippen LogP contribution is -2.10. The van der Waals surface area contributed by atoms with Crippen LogP contribution in [0.4, 0.5) is 5.82 Å². The van der Waals surface area contributed by atoms with Crippen molar-refractivity contribution in [1.82, 2.24) is 9.97 Å². The fourth-order valence-electron chi connectivity index (χ4n) is 1.20. The van der Waals surface area contributed by atoms with Crippen LogP contribution >= 0.6 is 11.8 Å². The predicted molar refractivity (Wildman–Crippen MR) is 63.7 cm³/mol. The zero-order valence-electron chi connectivity index (χ0n) is 9.61. The van der Waals surface area contributed by atoms with E-state index in [0.29, 0.717) is 17.6 Å². The molecule has 88 valence electrons. The molecule has 0 spiro atoms. The highest BCUT2D eigenvalue weighted by molar-refractivity contribution is 7.98. The first-order valence-corrected chi connectivity index (χ1v) is 6.17. The fourth-order valence-corrected chi connectivity index (χ4v) is 1.54. The molecular weight excluding hydrogens is 226 g/mol. The van der Waals surface area contributed by atoms with Gasteiger partial charge in [-0.15, -0.1) is 0 Å². The highest BCUT2D eigenvalue weighted by atomic mass is 32.2. The average molecular weight is 241 g/mol. The standard InChI is InChI=1S/C10H15N3O2S/c1-4-15-8(14)5-7-6-12-10(16-3)13-9(7)11-2/h6H,4-5H2,1-3H3,(H,11,12,13). The van der Waals surface area contributed by atoms with Crippen LogP contribution in [0.15, 0.2) is 11.4 Å².